The fourth-order valence-electron chi connectivity index (χ4n) is 3.41. The van der Waals surface area contributed by atoms with Gasteiger partial charge in [-0.15, -0.1) is 0 Å². The number of fused-ring (bicyclic) bond motifs is 2. The number of benzene rings is 2. The van der Waals surface area contributed by atoms with Crippen molar-refractivity contribution in [1.82, 2.24) is 5.32 Å². The van der Waals surface area contributed by atoms with Crippen molar-refractivity contribution < 1.29 is 14.2 Å². The summed E-state index contributed by atoms with van der Waals surface area (Å²) in [7, 11) is 0. The molecule has 0 radical (unpaired) electrons. The molecule has 2 aromatic rings. The van der Waals surface area contributed by atoms with Crippen molar-refractivity contribution >= 4 is 0 Å². The van der Waals surface area contributed by atoms with Crippen molar-refractivity contribution in [3.05, 3.63) is 53.1 Å². The Balaban J connectivity index is 1.60. The molecule has 0 saturated heterocycles. The number of hydrogen-bond donors (Lipinski definition) is 1. The number of ether oxygens (including phenoxy) is 3. The second kappa shape index (κ2) is 6.96. The maximum Gasteiger partial charge on any atom is 0.161 e. The first-order chi connectivity index (χ1) is 12.2. The minimum Gasteiger partial charge on any atom is -0.493 e. The molecule has 4 rings (SSSR count). The van der Waals surface area contributed by atoms with Gasteiger partial charge in [0, 0.05) is 6.54 Å². The van der Waals surface area contributed by atoms with Gasteiger partial charge in [-0.3, -0.25) is 0 Å². The van der Waals surface area contributed by atoms with Crippen molar-refractivity contribution in [3.63, 3.8) is 0 Å². The fourth-order valence-corrected chi connectivity index (χ4v) is 3.41. The normalized spacial score (nSPS) is 18.8. The molecule has 0 bridgehead atoms. The smallest absolute Gasteiger partial charge is 0.161 e. The highest BCUT2D eigenvalue weighted by atomic mass is 16.6. The van der Waals surface area contributed by atoms with Crippen molar-refractivity contribution in [2.75, 3.05) is 26.4 Å². The maximum absolute atomic E-state index is 5.80. The second-order valence-electron chi connectivity index (χ2n) is 7.11. The van der Waals surface area contributed by atoms with Crippen LogP contribution in [0, 0.1) is 5.92 Å². The van der Waals surface area contributed by atoms with Crippen LogP contribution in [0.25, 0.3) is 0 Å². The Kier molecular flexibility index (Phi) is 4.53. The van der Waals surface area contributed by atoms with Crippen LogP contribution in [0.5, 0.6) is 17.2 Å². The predicted octanol–water partition coefficient (Wildman–Crippen LogP) is 3.73. The van der Waals surface area contributed by atoms with Crippen LogP contribution in [-0.2, 0) is 6.42 Å². The van der Waals surface area contributed by atoms with Crippen LogP contribution < -0.4 is 19.5 Å². The van der Waals surface area contributed by atoms with Crippen LogP contribution in [-0.4, -0.2) is 26.4 Å². The highest BCUT2D eigenvalue weighted by molar-refractivity contribution is 5.52. The third kappa shape index (κ3) is 3.45. The number of hydrogen-bond acceptors (Lipinski definition) is 4. The lowest BCUT2D eigenvalue weighted by atomic mass is 9.89. The van der Waals surface area contributed by atoms with E-state index in [2.05, 4.69) is 55.6 Å². The van der Waals surface area contributed by atoms with Crippen molar-refractivity contribution in [3.8, 4) is 17.2 Å². The molecule has 0 aliphatic carbocycles. The van der Waals surface area contributed by atoms with Gasteiger partial charge in [-0.25, -0.2) is 0 Å². The average molecular weight is 339 g/mol. The summed E-state index contributed by atoms with van der Waals surface area (Å²) < 4.78 is 17.3. The fraction of sp³-hybridized carbons (Fsp3) is 0.429. The summed E-state index contributed by atoms with van der Waals surface area (Å²) in [5.41, 5.74) is 3.87. The summed E-state index contributed by atoms with van der Waals surface area (Å²) in [5, 5.41) is 3.63. The molecule has 2 aliphatic rings. The molecular weight excluding hydrogens is 314 g/mol. The lowest BCUT2D eigenvalue weighted by Gasteiger charge is -2.30. The number of nitrogens with one attached hydrogen (secondary N) is 1. The van der Waals surface area contributed by atoms with Gasteiger partial charge in [-0.1, -0.05) is 26.0 Å². The summed E-state index contributed by atoms with van der Waals surface area (Å²) in [4.78, 5) is 0. The van der Waals surface area contributed by atoms with Gasteiger partial charge in [-0.05, 0) is 53.3 Å². The molecule has 2 aliphatic heterocycles. The molecule has 0 saturated carbocycles. The second-order valence-corrected chi connectivity index (χ2v) is 7.11. The summed E-state index contributed by atoms with van der Waals surface area (Å²) in [5.74, 6) is 3.19. The maximum atomic E-state index is 5.80. The Morgan fingerprint density at radius 2 is 1.80 bits per heavy atom. The Bertz CT molecular complexity index is 740. The molecule has 1 atom stereocenters. The predicted molar refractivity (Wildman–Crippen MR) is 97.8 cm³/mol. The molecule has 0 spiro atoms. The highest BCUT2D eigenvalue weighted by Crippen LogP contribution is 2.39. The molecule has 1 N–H and O–H groups in total. The van der Waals surface area contributed by atoms with Crippen LogP contribution >= 0.6 is 0 Å². The van der Waals surface area contributed by atoms with Gasteiger partial charge in [0.15, 0.2) is 11.5 Å². The van der Waals surface area contributed by atoms with E-state index in [0.29, 0.717) is 19.1 Å². The van der Waals surface area contributed by atoms with Crippen LogP contribution in [0.2, 0.25) is 0 Å². The van der Waals surface area contributed by atoms with E-state index in [0.717, 1.165) is 36.8 Å². The zero-order valence-corrected chi connectivity index (χ0v) is 14.9. The van der Waals surface area contributed by atoms with Gasteiger partial charge < -0.3 is 19.5 Å². The Labute approximate surface area is 149 Å². The topological polar surface area (TPSA) is 39.7 Å². The van der Waals surface area contributed by atoms with Crippen molar-refractivity contribution in [1.29, 1.82) is 0 Å². The zero-order chi connectivity index (χ0) is 17.2. The highest BCUT2D eigenvalue weighted by Gasteiger charge is 2.25. The molecule has 2 heterocycles. The quantitative estimate of drug-likeness (QED) is 0.921. The zero-order valence-electron chi connectivity index (χ0n) is 14.9. The summed E-state index contributed by atoms with van der Waals surface area (Å²) >= 11 is 0. The van der Waals surface area contributed by atoms with E-state index in [1.807, 2.05) is 0 Å². The molecule has 25 heavy (non-hydrogen) atoms. The van der Waals surface area contributed by atoms with Gasteiger partial charge in [0.25, 0.3) is 0 Å². The molecule has 0 amide bonds. The molecule has 4 heteroatoms. The van der Waals surface area contributed by atoms with Crippen molar-refractivity contribution in [2.45, 2.75) is 26.3 Å². The first-order valence-corrected chi connectivity index (χ1v) is 9.09. The van der Waals surface area contributed by atoms with E-state index >= 15 is 0 Å². The monoisotopic (exact) mass is 339 g/mol. The van der Waals surface area contributed by atoms with E-state index in [9.17, 15) is 0 Å². The van der Waals surface area contributed by atoms with Gasteiger partial charge >= 0.3 is 0 Å². The molecule has 1 unspecified atom stereocenters. The van der Waals surface area contributed by atoms with Gasteiger partial charge in [0.1, 0.15) is 19.0 Å². The minimum atomic E-state index is 0.179. The van der Waals surface area contributed by atoms with Gasteiger partial charge in [0.2, 0.25) is 0 Å². The van der Waals surface area contributed by atoms with Crippen LogP contribution in [0.3, 0.4) is 0 Å². The lowest BCUT2D eigenvalue weighted by molar-refractivity contribution is 0.171. The molecule has 4 nitrogen and oxygen atoms in total. The molecule has 2 aromatic carbocycles. The van der Waals surface area contributed by atoms with Gasteiger partial charge in [-0.2, -0.15) is 0 Å². The number of rotatable bonds is 4. The SMILES string of the molecule is CC(C)COc1ccc(C2NCCc3cc4c(cc32)OCCO4)cc1. The van der Waals surface area contributed by atoms with Crippen LogP contribution in [0.1, 0.15) is 36.6 Å². The lowest BCUT2D eigenvalue weighted by Crippen LogP contribution is -2.31. The van der Waals surface area contributed by atoms with E-state index in [4.69, 9.17) is 14.2 Å². The molecule has 0 fully saturated rings. The summed E-state index contributed by atoms with van der Waals surface area (Å²) in [6.45, 7) is 7.26. The Morgan fingerprint density at radius 1 is 1.08 bits per heavy atom. The van der Waals surface area contributed by atoms with Crippen LogP contribution in [0.4, 0.5) is 0 Å². The molecule has 132 valence electrons. The largest absolute Gasteiger partial charge is 0.493 e. The van der Waals surface area contributed by atoms with E-state index in [1.54, 1.807) is 0 Å². The summed E-state index contributed by atoms with van der Waals surface area (Å²) in [6, 6.07) is 12.9. The van der Waals surface area contributed by atoms with E-state index in [1.165, 1.54) is 16.7 Å². The standard InChI is InChI=1S/C21H25NO3/c1-14(2)13-25-17-5-3-15(4-6-17)21-18-12-20-19(23-9-10-24-20)11-16(18)7-8-22-21/h3-6,11-12,14,21-22H,7-10,13H2,1-2H3. The third-order valence-corrected chi connectivity index (χ3v) is 4.65. The van der Waals surface area contributed by atoms with E-state index < -0.39 is 0 Å². The van der Waals surface area contributed by atoms with Crippen molar-refractivity contribution in [2.24, 2.45) is 5.92 Å². The Morgan fingerprint density at radius 3 is 2.52 bits per heavy atom. The van der Waals surface area contributed by atoms with E-state index in [-0.39, 0.29) is 6.04 Å². The molecule has 0 aromatic heterocycles. The van der Waals surface area contributed by atoms with Gasteiger partial charge in [0.05, 0.1) is 12.6 Å². The molecular formula is C21H25NO3. The Hall–Kier alpha value is -2.20. The minimum absolute atomic E-state index is 0.179. The first-order valence-electron chi connectivity index (χ1n) is 9.09. The average Bonchev–Trinajstić information content (AvgIpc) is 2.64. The third-order valence-electron chi connectivity index (χ3n) is 4.65. The first kappa shape index (κ1) is 16.3. The van der Waals surface area contributed by atoms with Crippen LogP contribution in [0.15, 0.2) is 36.4 Å². The summed E-state index contributed by atoms with van der Waals surface area (Å²) in [6.07, 6.45) is 1.01.